The first-order chi connectivity index (χ1) is 9.40. The summed E-state index contributed by atoms with van der Waals surface area (Å²) in [6.07, 6.45) is 4.44. The molecule has 0 amide bonds. The number of carbonyl (C=O) groups excluding carboxylic acids is 1. The number of hydrogen-bond donors (Lipinski definition) is 0. The van der Waals surface area contributed by atoms with Crippen LogP contribution in [0.15, 0.2) is 36.5 Å². The number of nitrogens with zero attached hydrogens (tertiary/aromatic N) is 2. The third-order valence-corrected chi connectivity index (χ3v) is 2.65. The number of hydrogen-bond acceptors (Lipinski definition) is 3. The summed E-state index contributed by atoms with van der Waals surface area (Å²) in [4.78, 5) is 12.1. The molecule has 0 atom stereocenters. The molecule has 102 valence electrons. The van der Waals surface area contributed by atoms with Crippen LogP contribution in [0.4, 0.5) is 4.79 Å². The number of nitriles is 1. The monoisotopic (exact) mass is 268 g/mol. The molecule has 0 spiro atoms. The molecular weight excluding hydrogens is 252 g/mol. The van der Waals surface area contributed by atoms with Crippen molar-refractivity contribution in [2.75, 3.05) is 0 Å². The molecule has 0 bridgehead atoms. The van der Waals surface area contributed by atoms with Crippen LogP contribution in [0.2, 0.25) is 0 Å². The lowest BCUT2D eigenvalue weighted by Gasteiger charge is -2.19. The molecule has 1 aromatic heterocycles. The largest absolute Gasteiger partial charge is 0.443 e. The fraction of sp³-hybridized carbons (Fsp3) is 0.250. The summed E-state index contributed by atoms with van der Waals surface area (Å²) in [6.45, 7) is 5.50. The molecule has 4 heteroatoms. The average molecular weight is 268 g/mol. The Balaban J connectivity index is 2.36. The average Bonchev–Trinajstić information content (AvgIpc) is 2.77. The second-order valence-corrected chi connectivity index (χ2v) is 5.45. The van der Waals surface area contributed by atoms with Gasteiger partial charge in [0, 0.05) is 17.7 Å². The Labute approximate surface area is 117 Å². The molecule has 1 heterocycles. The van der Waals surface area contributed by atoms with Gasteiger partial charge in [0.1, 0.15) is 5.60 Å². The Hall–Kier alpha value is -2.54. The molecular formula is C16H16N2O2. The van der Waals surface area contributed by atoms with E-state index in [0.717, 1.165) is 16.5 Å². The van der Waals surface area contributed by atoms with Crippen molar-refractivity contribution in [3.63, 3.8) is 0 Å². The molecule has 0 radical (unpaired) electrons. The third kappa shape index (κ3) is 3.07. The Kier molecular flexibility index (Phi) is 3.62. The number of benzene rings is 1. The minimum absolute atomic E-state index is 0.396. The molecule has 0 fully saturated rings. The predicted molar refractivity (Wildman–Crippen MR) is 78.2 cm³/mol. The lowest BCUT2D eigenvalue weighted by molar-refractivity contribution is 0.0544. The van der Waals surface area contributed by atoms with Crippen LogP contribution in [0.25, 0.3) is 17.0 Å². The first kappa shape index (κ1) is 13.9. The van der Waals surface area contributed by atoms with Crippen LogP contribution < -0.4 is 0 Å². The fourth-order valence-electron chi connectivity index (χ4n) is 1.87. The molecule has 4 nitrogen and oxygen atoms in total. The van der Waals surface area contributed by atoms with Crippen molar-refractivity contribution in [1.82, 2.24) is 4.57 Å². The van der Waals surface area contributed by atoms with E-state index in [1.165, 1.54) is 10.6 Å². The van der Waals surface area contributed by atoms with Gasteiger partial charge in [-0.3, -0.25) is 4.57 Å². The second kappa shape index (κ2) is 5.22. The fourth-order valence-corrected chi connectivity index (χ4v) is 1.87. The highest BCUT2D eigenvalue weighted by molar-refractivity contribution is 5.90. The van der Waals surface area contributed by atoms with Crippen molar-refractivity contribution < 1.29 is 9.53 Å². The molecule has 1 aromatic carbocycles. The van der Waals surface area contributed by atoms with Crippen molar-refractivity contribution in [1.29, 1.82) is 5.26 Å². The first-order valence-corrected chi connectivity index (χ1v) is 6.31. The maximum Gasteiger partial charge on any atom is 0.418 e. The topological polar surface area (TPSA) is 55.0 Å². The van der Waals surface area contributed by atoms with E-state index >= 15 is 0 Å². The van der Waals surface area contributed by atoms with Crippen LogP contribution in [0, 0.1) is 11.3 Å². The number of carbonyl (C=O) groups is 1. The molecule has 2 rings (SSSR count). The number of allylic oxidation sites excluding steroid dienone is 1. The lowest BCUT2D eigenvalue weighted by atomic mass is 10.1. The summed E-state index contributed by atoms with van der Waals surface area (Å²) in [5.74, 6) is 0. The quantitative estimate of drug-likeness (QED) is 0.735. The van der Waals surface area contributed by atoms with Gasteiger partial charge in [0.15, 0.2) is 0 Å². The van der Waals surface area contributed by atoms with Crippen molar-refractivity contribution >= 4 is 23.1 Å². The van der Waals surface area contributed by atoms with Gasteiger partial charge >= 0.3 is 6.09 Å². The molecule has 0 saturated heterocycles. The van der Waals surface area contributed by atoms with Crippen molar-refractivity contribution in [2.24, 2.45) is 0 Å². The molecule has 20 heavy (non-hydrogen) atoms. The summed E-state index contributed by atoms with van der Waals surface area (Å²) in [7, 11) is 0. The van der Waals surface area contributed by atoms with E-state index in [1.807, 2.05) is 51.1 Å². The maximum absolute atomic E-state index is 12.1. The van der Waals surface area contributed by atoms with Gasteiger partial charge in [-0.05, 0) is 50.6 Å². The highest BCUT2D eigenvalue weighted by Gasteiger charge is 2.18. The molecule has 0 aliphatic carbocycles. The van der Waals surface area contributed by atoms with Gasteiger partial charge in [-0.25, -0.2) is 4.79 Å². The van der Waals surface area contributed by atoms with E-state index in [9.17, 15) is 4.79 Å². The van der Waals surface area contributed by atoms with Crippen LogP contribution in [-0.2, 0) is 4.74 Å². The van der Waals surface area contributed by atoms with Gasteiger partial charge in [0.05, 0.1) is 11.6 Å². The minimum atomic E-state index is -0.525. The maximum atomic E-state index is 12.1. The van der Waals surface area contributed by atoms with Crippen molar-refractivity contribution in [3.8, 4) is 6.07 Å². The summed E-state index contributed by atoms with van der Waals surface area (Å²) in [5.41, 5.74) is 1.18. The van der Waals surface area contributed by atoms with Gasteiger partial charge in [0.2, 0.25) is 0 Å². The van der Waals surface area contributed by atoms with Crippen molar-refractivity contribution in [3.05, 3.63) is 42.1 Å². The number of rotatable bonds is 1. The van der Waals surface area contributed by atoms with Crippen LogP contribution in [-0.4, -0.2) is 16.3 Å². The molecule has 0 N–H and O–H groups in total. The zero-order valence-corrected chi connectivity index (χ0v) is 11.8. The van der Waals surface area contributed by atoms with E-state index in [-0.39, 0.29) is 0 Å². The van der Waals surface area contributed by atoms with Gasteiger partial charge in [-0.2, -0.15) is 5.26 Å². The van der Waals surface area contributed by atoms with Gasteiger partial charge in [0.25, 0.3) is 0 Å². The van der Waals surface area contributed by atoms with Gasteiger partial charge in [-0.15, -0.1) is 0 Å². The molecule has 0 aliphatic heterocycles. The summed E-state index contributed by atoms with van der Waals surface area (Å²) < 4.78 is 6.84. The highest BCUT2D eigenvalue weighted by Crippen LogP contribution is 2.20. The predicted octanol–water partition coefficient (Wildman–Crippen LogP) is 3.96. The Bertz CT molecular complexity index is 712. The second-order valence-electron chi connectivity index (χ2n) is 5.45. The SMILES string of the molecule is CC(C)(C)OC(=O)n1ccc2cc(C=CC#N)ccc21. The molecule has 0 unspecified atom stereocenters. The molecule has 2 aromatic rings. The Morgan fingerprint density at radius 1 is 1.35 bits per heavy atom. The van der Waals surface area contributed by atoms with E-state index in [1.54, 1.807) is 12.3 Å². The first-order valence-electron chi connectivity index (χ1n) is 6.31. The highest BCUT2D eigenvalue weighted by atomic mass is 16.6. The molecule has 0 aliphatic rings. The summed E-state index contributed by atoms with van der Waals surface area (Å²) in [6, 6.07) is 9.43. The van der Waals surface area contributed by atoms with Crippen molar-refractivity contribution in [2.45, 2.75) is 26.4 Å². The van der Waals surface area contributed by atoms with Gasteiger partial charge < -0.3 is 4.74 Å². The minimum Gasteiger partial charge on any atom is -0.443 e. The van der Waals surface area contributed by atoms with E-state index < -0.39 is 11.7 Å². The number of ether oxygens (including phenoxy) is 1. The zero-order valence-electron chi connectivity index (χ0n) is 11.8. The third-order valence-electron chi connectivity index (χ3n) is 2.65. The smallest absolute Gasteiger partial charge is 0.418 e. The van der Waals surface area contributed by atoms with Crippen LogP contribution in [0.5, 0.6) is 0 Å². The number of fused-ring (bicyclic) bond motifs is 1. The lowest BCUT2D eigenvalue weighted by Crippen LogP contribution is -2.26. The van der Waals surface area contributed by atoms with Crippen LogP contribution in [0.1, 0.15) is 26.3 Å². The molecule has 0 saturated carbocycles. The van der Waals surface area contributed by atoms with E-state index in [4.69, 9.17) is 10.00 Å². The summed E-state index contributed by atoms with van der Waals surface area (Å²) in [5, 5.41) is 9.45. The zero-order chi connectivity index (χ0) is 14.8. The van der Waals surface area contributed by atoms with Gasteiger partial charge in [-0.1, -0.05) is 6.07 Å². The van der Waals surface area contributed by atoms with Crippen LogP contribution in [0.3, 0.4) is 0 Å². The van der Waals surface area contributed by atoms with Crippen LogP contribution >= 0.6 is 0 Å². The Morgan fingerprint density at radius 2 is 2.10 bits per heavy atom. The summed E-state index contributed by atoms with van der Waals surface area (Å²) >= 11 is 0. The normalized spacial score (nSPS) is 11.7. The van der Waals surface area contributed by atoms with E-state index in [2.05, 4.69) is 0 Å². The van der Waals surface area contributed by atoms with E-state index in [0.29, 0.717) is 0 Å². The number of aromatic nitrogens is 1. The Morgan fingerprint density at radius 3 is 2.75 bits per heavy atom. The standard InChI is InChI=1S/C16H16N2O2/c1-16(2,3)20-15(19)18-10-8-13-11-12(5-4-9-17)6-7-14(13)18/h4-8,10-11H,1-3H3.